The molecule has 0 radical (unpaired) electrons. The average molecular weight is 228 g/mol. The zero-order valence-electron chi connectivity index (χ0n) is 10.4. The van der Waals surface area contributed by atoms with Gasteiger partial charge in [0.05, 0.1) is 12.6 Å². The molecule has 0 aromatic rings. The Balaban J connectivity index is 2.13. The van der Waals surface area contributed by atoms with Crippen LogP contribution >= 0.6 is 0 Å². The summed E-state index contributed by atoms with van der Waals surface area (Å²) in [6.45, 7) is 4.84. The molecule has 1 rings (SSSR count). The quantitative estimate of drug-likeness (QED) is 0.681. The largest absolute Gasteiger partial charge is 0.383 e. The van der Waals surface area contributed by atoms with Crippen molar-refractivity contribution in [3.8, 4) is 0 Å². The first kappa shape index (κ1) is 13.5. The Morgan fingerprint density at radius 1 is 1.62 bits per heavy atom. The summed E-state index contributed by atoms with van der Waals surface area (Å²) in [6, 6.07) is 0.166. The molecule has 16 heavy (non-hydrogen) atoms. The van der Waals surface area contributed by atoms with Crippen molar-refractivity contribution in [3.63, 3.8) is 0 Å². The van der Waals surface area contributed by atoms with Crippen LogP contribution in [-0.4, -0.2) is 38.8 Å². The lowest BCUT2D eigenvalue weighted by Gasteiger charge is -2.16. The molecular weight excluding hydrogens is 204 g/mol. The third-order valence-corrected chi connectivity index (χ3v) is 3.17. The number of carbonyl (C=O) groups is 1. The molecule has 0 aromatic carbocycles. The molecule has 2 N–H and O–H groups in total. The summed E-state index contributed by atoms with van der Waals surface area (Å²) in [4.78, 5) is 11.7. The maximum Gasteiger partial charge on any atom is 0.220 e. The summed E-state index contributed by atoms with van der Waals surface area (Å²) in [5.74, 6) is 0.851. The van der Waals surface area contributed by atoms with Crippen LogP contribution in [0.15, 0.2) is 0 Å². The molecule has 0 aromatic heterocycles. The molecule has 2 atom stereocenters. The lowest BCUT2D eigenvalue weighted by Crippen LogP contribution is -2.37. The highest BCUT2D eigenvalue weighted by atomic mass is 16.5. The normalized spacial score (nSPS) is 22.0. The first-order chi connectivity index (χ1) is 7.76. The van der Waals surface area contributed by atoms with E-state index in [0.29, 0.717) is 18.9 Å². The van der Waals surface area contributed by atoms with Crippen molar-refractivity contribution in [3.05, 3.63) is 0 Å². The smallest absolute Gasteiger partial charge is 0.220 e. The third-order valence-electron chi connectivity index (χ3n) is 3.17. The summed E-state index contributed by atoms with van der Waals surface area (Å²) in [5, 5.41) is 6.32. The fraction of sp³-hybridized carbons (Fsp3) is 0.917. The molecule has 0 saturated carbocycles. The van der Waals surface area contributed by atoms with Gasteiger partial charge < -0.3 is 15.4 Å². The zero-order valence-corrected chi connectivity index (χ0v) is 10.4. The number of rotatable bonds is 7. The van der Waals surface area contributed by atoms with E-state index in [-0.39, 0.29) is 11.9 Å². The minimum atomic E-state index is 0.163. The van der Waals surface area contributed by atoms with Gasteiger partial charge in [-0.05, 0) is 38.3 Å². The molecule has 1 fully saturated rings. The monoisotopic (exact) mass is 228 g/mol. The summed E-state index contributed by atoms with van der Waals surface area (Å²) in [5.41, 5.74) is 0. The van der Waals surface area contributed by atoms with Crippen molar-refractivity contribution >= 4 is 5.91 Å². The number of amides is 1. The van der Waals surface area contributed by atoms with E-state index in [1.165, 1.54) is 6.42 Å². The van der Waals surface area contributed by atoms with Crippen LogP contribution in [-0.2, 0) is 9.53 Å². The second-order valence-electron chi connectivity index (χ2n) is 4.53. The number of carbonyl (C=O) groups excluding carboxylic acids is 1. The van der Waals surface area contributed by atoms with Crippen molar-refractivity contribution in [1.82, 2.24) is 10.6 Å². The Hall–Kier alpha value is -0.610. The Morgan fingerprint density at radius 2 is 2.44 bits per heavy atom. The van der Waals surface area contributed by atoms with Crippen LogP contribution in [0.1, 0.15) is 32.6 Å². The molecule has 0 aliphatic carbocycles. The molecule has 1 aliphatic heterocycles. The van der Waals surface area contributed by atoms with E-state index in [4.69, 9.17) is 4.74 Å². The van der Waals surface area contributed by atoms with Crippen molar-refractivity contribution in [2.75, 3.05) is 26.8 Å². The standard InChI is InChI=1S/C12H24N2O2/c1-3-11(9-16-2)14-12(15)5-4-10-6-7-13-8-10/h10-11,13H,3-9H2,1-2H3,(H,14,15). The Bertz CT molecular complexity index is 203. The Labute approximate surface area is 98.1 Å². The molecule has 4 nitrogen and oxygen atoms in total. The van der Waals surface area contributed by atoms with Gasteiger partial charge in [0.25, 0.3) is 0 Å². The Kier molecular flexibility index (Phi) is 6.42. The number of methoxy groups -OCH3 is 1. The predicted molar refractivity (Wildman–Crippen MR) is 64.3 cm³/mol. The molecule has 1 amide bonds. The van der Waals surface area contributed by atoms with Gasteiger partial charge in [-0.1, -0.05) is 6.92 Å². The van der Waals surface area contributed by atoms with Gasteiger partial charge in [-0.25, -0.2) is 0 Å². The van der Waals surface area contributed by atoms with Crippen LogP contribution in [0.4, 0.5) is 0 Å². The average Bonchev–Trinajstić information content (AvgIpc) is 2.78. The summed E-state index contributed by atoms with van der Waals surface area (Å²) in [6.07, 6.45) is 3.78. The maximum absolute atomic E-state index is 11.7. The molecule has 0 spiro atoms. The van der Waals surface area contributed by atoms with Crippen molar-refractivity contribution < 1.29 is 9.53 Å². The molecule has 1 heterocycles. The number of hydrogen-bond acceptors (Lipinski definition) is 3. The van der Waals surface area contributed by atoms with Crippen LogP contribution < -0.4 is 10.6 Å². The highest BCUT2D eigenvalue weighted by molar-refractivity contribution is 5.76. The highest BCUT2D eigenvalue weighted by Crippen LogP contribution is 2.14. The highest BCUT2D eigenvalue weighted by Gasteiger charge is 2.16. The van der Waals surface area contributed by atoms with Crippen LogP contribution in [0.3, 0.4) is 0 Å². The van der Waals surface area contributed by atoms with E-state index >= 15 is 0 Å². The van der Waals surface area contributed by atoms with Gasteiger partial charge in [0.1, 0.15) is 0 Å². The Morgan fingerprint density at radius 3 is 3.00 bits per heavy atom. The fourth-order valence-corrected chi connectivity index (χ4v) is 2.06. The third kappa shape index (κ3) is 4.94. The van der Waals surface area contributed by atoms with Gasteiger partial charge in [-0.2, -0.15) is 0 Å². The maximum atomic E-state index is 11.7. The van der Waals surface area contributed by atoms with Gasteiger partial charge in [-0.3, -0.25) is 4.79 Å². The molecule has 94 valence electrons. The number of ether oxygens (including phenoxy) is 1. The van der Waals surface area contributed by atoms with Crippen molar-refractivity contribution in [1.29, 1.82) is 0 Å². The fourth-order valence-electron chi connectivity index (χ4n) is 2.06. The van der Waals surface area contributed by atoms with Crippen LogP contribution in [0, 0.1) is 5.92 Å². The zero-order chi connectivity index (χ0) is 11.8. The van der Waals surface area contributed by atoms with E-state index in [2.05, 4.69) is 17.6 Å². The van der Waals surface area contributed by atoms with Crippen LogP contribution in [0.25, 0.3) is 0 Å². The second-order valence-corrected chi connectivity index (χ2v) is 4.53. The van der Waals surface area contributed by atoms with Crippen LogP contribution in [0.2, 0.25) is 0 Å². The van der Waals surface area contributed by atoms with Gasteiger partial charge in [0, 0.05) is 13.5 Å². The van der Waals surface area contributed by atoms with Gasteiger partial charge >= 0.3 is 0 Å². The molecule has 4 heteroatoms. The van der Waals surface area contributed by atoms with Gasteiger partial charge in [0.2, 0.25) is 5.91 Å². The van der Waals surface area contributed by atoms with E-state index in [0.717, 1.165) is 25.9 Å². The summed E-state index contributed by atoms with van der Waals surface area (Å²) >= 11 is 0. The van der Waals surface area contributed by atoms with Crippen LogP contribution in [0.5, 0.6) is 0 Å². The van der Waals surface area contributed by atoms with Gasteiger partial charge in [-0.15, -0.1) is 0 Å². The van der Waals surface area contributed by atoms with E-state index < -0.39 is 0 Å². The van der Waals surface area contributed by atoms with E-state index in [9.17, 15) is 4.79 Å². The van der Waals surface area contributed by atoms with Crippen molar-refractivity contribution in [2.24, 2.45) is 5.92 Å². The van der Waals surface area contributed by atoms with E-state index in [1.54, 1.807) is 7.11 Å². The second kappa shape index (κ2) is 7.63. The molecule has 1 saturated heterocycles. The lowest BCUT2D eigenvalue weighted by atomic mass is 10.0. The molecule has 1 aliphatic rings. The predicted octanol–water partition coefficient (Wildman–Crippen LogP) is 0.917. The number of hydrogen-bond donors (Lipinski definition) is 2. The number of nitrogens with one attached hydrogen (secondary N) is 2. The first-order valence-electron chi connectivity index (χ1n) is 6.25. The summed E-state index contributed by atoms with van der Waals surface area (Å²) < 4.78 is 5.05. The first-order valence-corrected chi connectivity index (χ1v) is 6.25. The van der Waals surface area contributed by atoms with E-state index in [1.807, 2.05) is 0 Å². The van der Waals surface area contributed by atoms with Gasteiger partial charge in [0.15, 0.2) is 0 Å². The van der Waals surface area contributed by atoms with Crippen molar-refractivity contribution in [2.45, 2.75) is 38.6 Å². The SMILES string of the molecule is CCC(COC)NC(=O)CCC1CCNC1. The molecular formula is C12H24N2O2. The minimum absolute atomic E-state index is 0.163. The summed E-state index contributed by atoms with van der Waals surface area (Å²) in [7, 11) is 1.67. The minimum Gasteiger partial charge on any atom is -0.383 e. The lowest BCUT2D eigenvalue weighted by molar-refractivity contribution is -0.122. The molecule has 0 bridgehead atoms. The topological polar surface area (TPSA) is 50.4 Å². The molecule has 2 unspecified atom stereocenters.